The molecule has 6 heteroatoms. The maximum Gasteiger partial charge on any atom is 0.230 e. The van der Waals surface area contributed by atoms with Crippen LogP contribution in [-0.4, -0.2) is 40.3 Å². The average molecular weight is 351 g/mol. The van der Waals surface area contributed by atoms with Gasteiger partial charge in [0.25, 0.3) is 0 Å². The van der Waals surface area contributed by atoms with E-state index >= 15 is 0 Å². The van der Waals surface area contributed by atoms with Crippen LogP contribution in [0.5, 0.6) is 0 Å². The Balaban J connectivity index is 1.65. The number of hydrogen-bond acceptors (Lipinski definition) is 4. The van der Waals surface area contributed by atoms with Gasteiger partial charge in [-0.05, 0) is 49.3 Å². The van der Waals surface area contributed by atoms with Gasteiger partial charge in [0.2, 0.25) is 5.91 Å². The molecule has 0 spiro atoms. The molecule has 2 aliphatic rings. The van der Waals surface area contributed by atoms with Crippen LogP contribution < -0.4 is 5.32 Å². The fourth-order valence-electron chi connectivity index (χ4n) is 3.57. The predicted molar refractivity (Wildman–Crippen MR) is 91.6 cm³/mol. The van der Waals surface area contributed by atoms with Crippen LogP contribution in [0.2, 0.25) is 0 Å². The summed E-state index contributed by atoms with van der Waals surface area (Å²) in [6.07, 6.45) is 5.90. The van der Waals surface area contributed by atoms with Crippen molar-refractivity contribution in [2.24, 2.45) is 5.92 Å². The van der Waals surface area contributed by atoms with Gasteiger partial charge in [0.15, 0.2) is 9.84 Å². The lowest BCUT2D eigenvalue weighted by molar-refractivity contribution is -0.130. The van der Waals surface area contributed by atoms with Gasteiger partial charge in [-0.2, -0.15) is 0 Å². The van der Waals surface area contributed by atoms with E-state index in [4.69, 9.17) is 4.74 Å². The minimum absolute atomic E-state index is 0.0692. The molecule has 1 aromatic carbocycles. The molecule has 2 fully saturated rings. The molecule has 5 nitrogen and oxygen atoms in total. The van der Waals surface area contributed by atoms with E-state index in [1.807, 2.05) is 0 Å². The van der Waals surface area contributed by atoms with Crippen molar-refractivity contribution in [3.05, 3.63) is 29.8 Å². The molecule has 0 bridgehead atoms. The summed E-state index contributed by atoms with van der Waals surface area (Å²) in [6, 6.07) is 6.79. The van der Waals surface area contributed by atoms with E-state index in [-0.39, 0.29) is 5.91 Å². The molecule has 1 saturated heterocycles. The Morgan fingerprint density at radius 2 is 2.00 bits per heavy atom. The van der Waals surface area contributed by atoms with Crippen molar-refractivity contribution in [3.8, 4) is 0 Å². The van der Waals surface area contributed by atoms with Crippen LogP contribution in [0, 0.1) is 5.92 Å². The highest BCUT2D eigenvalue weighted by atomic mass is 32.2. The Labute approximate surface area is 143 Å². The molecule has 1 N–H and O–H groups in total. The number of carbonyl (C=O) groups is 1. The van der Waals surface area contributed by atoms with Crippen LogP contribution in [0.3, 0.4) is 0 Å². The molecule has 1 heterocycles. The molecule has 132 valence electrons. The number of nitrogens with one attached hydrogen (secondary N) is 1. The lowest BCUT2D eigenvalue weighted by Crippen LogP contribution is -2.49. The molecule has 1 unspecified atom stereocenters. The maximum atomic E-state index is 12.7. The second-order valence-corrected chi connectivity index (χ2v) is 9.02. The Morgan fingerprint density at radius 1 is 1.29 bits per heavy atom. The number of sulfone groups is 1. The third-order valence-corrected chi connectivity index (χ3v) is 6.47. The minimum Gasteiger partial charge on any atom is -0.381 e. The molecule has 1 aliphatic carbocycles. The Morgan fingerprint density at radius 3 is 2.50 bits per heavy atom. The highest BCUT2D eigenvalue weighted by Crippen LogP contribution is 2.44. The molecule has 0 radical (unpaired) electrons. The number of carbonyl (C=O) groups excluding carboxylic acids is 1. The predicted octanol–water partition coefficient (Wildman–Crippen LogP) is 2.05. The summed E-state index contributed by atoms with van der Waals surface area (Å²) >= 11 is 0. The van der Waals surface area contributed by atoms with Gasteiger partial charge in [-0.25, -0.2) is 8.42 Å². The third kappa shape index (κ3) is 3.49. The van der Waals surface area contributed by atoms with Gasteiger partial charge in [-0.1, -0.05) is 18.6 Å². The van der Waals surface area contributed by atoms with Crippen LogP contribution in [0.25, 0.3) is 0 Å². The molecule has 1 saturated carbocycles. The number of rotatable bonds is 6. The first-order valence-electron chi connectivity index (χ1n) is 8.58. The van der Waals surface area contributed by atoms with E-state index in [0.717, 1.165) is 50.9 Å². The number of ether oxygens (including phenoxy) is 1. The number of amides is 1. The Hall–Kier alpha value is -1.40. The zero-order valence-electron chi connectivity index (χ0n) is 14.1. The van der Waals surface area contributed by atoms with Crippen molar-refractivity contribution < 1.29 is 17.9 Å². The molecule has 1 aliphatic heterocycles. The standard InChI is InChI=1S/C18H25NO4S/c1-24(21,22)16-5-3-15(4-6-16)18(9-2-10-18)17(20)19-11-7-14-8-12-23-13-14/h3-6,14H,2,7-13H2,1H3,(H,19,20). The van der Waals surface area contributed by atoms with Crippen molar-refractivity contribution in [2.45, 2.75) is 42.4 Å². The van der Waals surface area contributed by atoms with Crippen molar-refractivity contribution in [2.75, 3.05) is 26.0 Å². The summed E-state index contributed by atoms with van der Waals surface area (Å²) in [5.74, 6) is 0.622. The largest absolute Gasteiger partial charge is 0.381 e. The van der Waals surface area contributed by atoms with Crippen molar-refractivity contribution in [3.63, 3.8) is 0 Å². The molecule has 1 amide bonds. The van der Waals surface area contributed by atoms with Gasteiger partial charge in [-0.15, -0.1) is 0 Å². The van der Waals surface area contributed by atoms with Crippen LogP contribution in [0.1, 0.15) is 37.7 Å². The third-order valence-electron chi connectivity index (χ3n) is 5.34. The minimum atomic E-state index is -3.21. The van der Waals surface area contributed by atoms with Crippen molar-refractivity contribution in [1.29, 1.82) is 0 Å². The molecular weight excluding hydrogens is 326 g/mol. The van der Waals surface area contributed by atoms with Crippen LogP contribution in [-0.2, 0) is 24.8 Å². The lowest BCUT2D eigenvalue weighted by Gasteiger charge is -2.41. The summed E-state index contributed by atoms with van der Waals surface area (Å²) in [6.45, 7) is 2.30. The maximum absolute atomic E-state index is 12.7. The Kier molecular flexibility index (Phi) is 4.97. The fourth-order valence-corrected chi connectivity index (χ4v) is 4.20. The lowest BCUT2D eigenvalue weighted by atomic mass is 9.64. The van der Waals surface area contributed by atoms with Crippen molar-refractivity contribution in [1.82, 2.24) is 5.32 Å². The van der Waals surface area contributed by atoms with E-state index < -0.39 is 15.3 Å². The summed E-state index contributed by atoms with van der Waals surface area (Å²) in [5, 5.41) is 3.08. The van der Waals surface area contributed by atoms with E-state index in [1.165, 1.54) is 6.26 Å². The highest BCUT2D eigenvalue weighted by molar-refractivity contribution is 7.90. The monoisotopic (exact) mass is 351 g/mol. The highest BCUT2D eigenvalue weighted by Gasteiger charge is 2.45. The van der Waals surface area contributed by atoms with Gasteiger partial charge in [-0.3, -0.25) is 4.79 Å². The second kappa shape index (κ2) is 6.84. The summed E-state index contributed by atoms with van der Waals surface area (Å²) in [4.78, 5) is 13.0. The second-order valence-electron chi connectivity index (χ2n) is 7.01. The van der Waals surface area contributed by atoms with E-state index in [1.54, 1.807) is 24.3 Å². The molecule has 1 atom stereocenters. The van der Waals surface area contributed by atoms with Gasteiger partial charge in [0.05, 0.1) is 10.3 Å². The van der Waals surface area contributed by atoms with E-state index in [0.29, 0.717) is 17.4 Å². The van der Waals surface area contributed by atoms with Gasteiger partial charge < -0.3 is 10.1 Å². The first-order chi connectivity index (χ1) is 11.4. The smallest absolute Gasteiger partial charge is 0.230 e. The fraction of sp³-hybridized carbons (Fsp3) is 0.611. The molecule has 0 aromatic heterocycles. The zero-order valence-corrected chi connectivity index (χ0v) is 14.9. The number of benzene rings is 1. The van der Waals surface area contributed by atoms with Gasteiger partial charge in [0.1, 0.15) is 0 Å². The normalized spacial score (nSPS) is 22.8. The average Bonchev–Trinajstić information content (AvgIpc) is 2.99. The summed E-state index contributed by atoms with van der Waals surface area (Å²) < 4.78 is 28.5. The summed E-state index contributed by atoms with van der Waals surface area (Å²) in [5.41, 5.74) is 0.435. The molecular formula is C18H25NO4S. The van der Waals surface area contributed by atoms with Crippen LogP contribution in [0.4, 0.5) is 0 Å². The molecule has 1 aromatic rings. The molecule has 3 rings (SSSR count). The first kappa shape index (κ1) is 17.4. The topological polar surface area (TPSA) is 72.5 Å². The quantitative estimate of drug-likeness (QED) is 0.851. The van der Waals surface area contributed by atoms with Crippen LogP contribution in [0.15, 0.2) is 29.2 Å². The Bertz CT molecular complexity index is 686. The van der Waals surface area contributed by atoms with Crippen LogP contribution >= 0.6 is 0 Å². The first-order valence-corrected chi connectivity index (χ1v) is 10.5. The van der Waals surface area contributed by atoms with Gasteiger partial charge >= 0.3 is 0 Å². The van der Waals surface area contributed by atoms with Gasteiger partial charge in [0, 0.05) is 26.0 Å². The van der Waals surface area contributed by atoms with E-state index in [9.17, 15) is 13.2 Å². The summed E-state index contributed by atoms with van der Waals surface area (Å²) in [7, 11) is -3.21. The van der Waals surface area contributed by atoms with Crippen molar-refractivity contribution >= 4 is 15.7 Å². The number of hydrogen-bond donors (Lipinski definition) is 1. The SMILES string of the molecule is CS(=O)(=O)c1ccc(C2(C(=O)NCCC3CCOC3)CCC2)cc1. The van der Waals surface area contributed by atoms with E-state index in [2.05, 4.69) is 5.32 Å². The molecule has 24 heavy (non-hydrogen) atoms. The zero-order chi connectivity index (χ0) is 17.2.